The molecule has 1 aliphatic rings. The smallest absolute Gasteiger partial charge is 0.407 e. The molecule has 0 unspecified atom stereocenters. The summed E-state index contributed by atoms with van der Waals surface area (Å²) < 4.78 is 5.43. The molecule has 134 valence electrons. The highest BCUT2D eigenvalue weighted by molar-refractivity contribution is 5.68. The van der Waals surface area contributed by atoms with Crippen LogP contribution in [0.5, 0.6) is 0 Å². The Kier molecular flexibility index (Phi) is 5.92. The Morgan fingerprint density at radius 1 is 1.21 bits per heavy atom. The maximum atomic E-state index is 12.2. The number of benzene rings is 1. The molecule has 0 aliphatic carbocycles. The number of hydrogen-bond donors (Lipinski definition) is 1. The Hall–Kier alpha value is -1.55. The van der Waals surface area contributed by atoms with Crippen LogP contribution in [-0.2, 0) is 11.3 Å². The lowest BCUT2D eigenvalue weighted by Crippen LogP contribution is -2.58. The molecule has 2 rings (SSSR count). The summed E-state index contributed by atoms with van der Waals surface area (Å²) in [5, 5.41) is 3.10. The van der Waals surface area contributed by atoms with Crippen LogP contribution in [0.2, 0.25) is 0 Å². The quantitative estimate of drug-likeness (QED) is 0.907. The molecule has 4 nitrogen and oxygen atoms in total. The van der Waals surface area contributed by atoms with Gasteiger partial charge in [-0.3, -0.25) is 4.90 Å². The van der Waals surface area contributed by atoms with Crippen molar-refractivity contribution in [3.05, 3.63) is 35.9 Å². The number of carbonyl (C=O) groups is 1. The summed E-state index contributed by atoms with van der Waals surface area (Å²) in [6.45, 7) is 14.3. The van der Waals surface area contributed by atoms with E-state index in [0.29, 0.717) is 17.9 Å². The number of piperidine rings is 1. The molecule has 0 bridgehead atoms. The van der Waals surface area contributed by atoms with E-state index >= 15 is 0 Å². The van der Waals surface area contributed by atoms with Crippen LogP contribution in [0, 0.1) is 11.8 Å². The van der Waals surface area contributed by atoms with E-state index in [2.05, 4.69) is 61.3 Å². The number of nitrogens with one attached hydrogen (secondary N) is 1. The van der Waals surface area contributed by atoms with Crippen molar-refractivity contribution in [3.63, 3.8) is 0 Å². The molecule has 1 aromatic rings. The molecule has 1 aliphatic heterocycles. The molecule has 0 radical (unpaired) electrons. The Balaban J connectivity index is 1.99. The van der Waals surface area contributed by atoms with Crippen LogP contribution in [0.25, 0.3) is 0 Å². The highest BCUT2D eigenvalue weighted by atomic mass is 16.6. The molecule has 1 fully saturated rings. The highest BCUT2D eigenvalue weighted by Gasteiger charge is 2.38. The zero-order valence-electron chi connectivity index (χ0n) is 15.9. The van der Waals surface area contributed by atoms with Gasteiger partial charge in [-0.2, -0.15) is 0 Å². The van der Waals surface area contributed by atoms with Gasteiger partial charge in [0.2, 0.25) is 0 Å². The van der Waals surface area contributed by atoms with Gasteiger partial charge in [-0.05, 0) is 45.1 Å². The summed E-state index contributed by atoms with van der Waals surface area (Å²) in [4.78, 5) is 14.7. The predicted molar refractivity (Wildman–Crippen MR) is 97.8 cm³/mol. The normalized spacial score (nSPS) is 28.4. The maximum absolute atomic E-state index is 12.2. The van der Waals surface area contributed by atoms with Crippen LogP contribution >= 0.6 is 0 Å². The molecule has 1 saturated heterocycles. The van der Waals surface area contributed by atoms with Gasteiger partial charge in [0.05, 0.1) is 0 Å². The number of carbonyl (C=O) groups excluding carboxylic acids is 1. The second kappa shape index (κ2) is 7.56. The maximum Gasteiger partial charge on any atom is 0.407 e. The molecular weight excluding hydrogens is 300 g/mol. The van der Waals surface area contributed by atoms with Crippen molar-refractivity contribution in [2.75, 3.05) is 6.54 Å². The Labute approximate surface area is 146 Å². The van der Waals surface area contributed by atoms with Gasteiger partial charge >= 0.3 is 6.09 Å². The van der Waals surface area contributed by atoms with Crippen LogP contribution < -0.4 is 5.32 Å². The molecule has 1 aromatic carbocycles. The molecule has 1 N–H and O–H groups in total. The minimum absolute atomic E-state index is 0.141. The zero-order chi connectivity index (χ0) is 17.9. The van der Waals surface area contributed by atoms with Gasteiger partial charge in [-0.15, -0.1) is 0 Å². The Morgan fingerprint density at radius 2 is 1.83 bits per heavy atom. The number of likely N-dealkylation sites (tertiary alicyclic amines) is 1. The fourth-order valence-corrected chi connectivity index (χ4v) is 3.54. The monoisotopic (exact) mass is 332 g/mol. The van der Waals surface area contributed by atoms with E-state index in [1.807, 2.05) is 20.8 Å². The average molecular weight is 332 g/mol. The summed E-state index contributed by atoms with van der Waals surface area (Å²) >= 11 is 0. The standard InChI is InChI=1S/C20H32N2O2/c1-14-12-22(13-17-10-8-7-9-11-17)16(3)15(2)18(14)21-19(23)24-20(4,5)6/h7-11,14-16,18H,12-13H2,1-6H3,(H,21,23)/t14-,15+,16-,18+/m1/s1. The number of rotatable bonds is 3. The number of ether oxygens (including phenoxy) is 1. The van der Waals surface area contributed by atoms with Gasteiger partial charge in [0.1, 0.15) is 5.60 Å². The van der Waals surface area contributed by atoms with Crippen molar-refractivity contribution in [2.24, 2.45) is 11.8 Å². The summed E-state index contributed by atoms with van der Waals surface area (Å²) in [6, 6.07) is 11.1. The minimum atomic E-state index is -0.462. The SMILES string of the molecule is C[C@@H]1[C@@H](NC(=O)OC(C)(C)C)[C@H](C)CN(Cc2ccccc2)[C@@H]1C. The van der Waals surface area contributed by atoms with Gasteiger partial charge in [-0.1, -0.05) is 44.2 Å². The molecule has 0 saturated carbocycles. The Bertz CT molecular complexity index is 538. The van der Waals surface area contributed by atoms with Crippen molar-refractivity contribution in [1.29, 1.82) is 0 Å². The fourth-order valence-electron chi connectivity index (χ4n) is 3.54. The van der Waals surface area contributed by atoms with Crippen molar-refractivity contribution < 1.29 is 9.53 Å². The van der Waals surface area contributed by atoms with Crippen molar-refractivity contribution in [1.82, 2.24) is 10.2 Å². The summed E-state index contributed by atoms with van der Waals surface area (Å²) in [6.07, 6.45) is -0.310. The lowest BCUT2D eigenvalue weighted by molar-refractivity contribution is 0.0202. The zero-order valence-corrected chi connectivity index (χ0v) is 15.9. The van der Waals surface area contributed by atoms with Crippen molar-refractivity contribution in [3.8, 4) is 0 Å². The van der Waals surface area contributed by atoms with Gasteiger partial charge in [0, 0.05) is 25.2 Å². The van der Waals surface area contributed by atoms with Crippen LogP contribution in [0.4, 0.5) is 4.79 Å². The average Bonchev–Trinajstić information content (AvgIpc) is 2.48. The third-order valence-corrected chi connectivity index (χ3v) is 4.95. The van der Waals surface area contributed by atoms with Crippen LogP contribution in [0.15, 0.2) is 30.3 Å². The fraction of sp³-hybridized carbons (Fsp3) is 0.650. The predicted octanol–water partition coefficient (Wildman–Crippen LogP) is 4.06. The third kappa shape index (κ3) is 4.97. The first kappa shape index (κ1) is 18.8. The van der Waals surface area contributed by atoms with Gasteiger partial charge in [0.15, 0.2) is 0 Å². The largest absolute Gasteiger partial charge is 0.444 e. The first-order valence-electron chi connectivity index (χ1n) is 8.95. The molecule has 24 heavy (non-hydrogen) atoms. The van der Waals surface area contributed by atoms with E-state index in [1.165, 1.54) is 5.56 Å². The van der Waals surface area contributed by atoms with E-state index < -0.39 is 5.60 Å². The van der Waals surface area contributed by atoms with Crippen LogP contribution in [-0.4, -0.2) is 35.2 Å². The molecule has 4 atom stereocenters. The molecule has 1 heterocycles. The van der Waals surface area contributed by atoms with Gasteiger partial charge < -0.3 is 10.1 Å². The van der Waals surface area contributed by atoms with Crippen LogP contribution in [0.1, 0.15) is 47.1 Å². The van der Waals surface area contributed by atoms with Gasteiger partial charge in [-0.25, -0.2) is 4.79 Å². The summed E-state index contributed by atoms with van der Waals surface area (Å²) in [7, 11) is 0. The second-order valence-electron chi connectivity index (χ2n) is 8.16. The second-order valence-corrected chi connectivity index (χ2v) is 8.16. The molecule has 4 heteroatoms. The number of amides is 1. The first-order chi connectivity index (χ1) is 11.2. The first-order valence-corrected chi connectivity index (χ1v) is 8.95. The van der Waals surface area contributed by atoms with Crippen molar-refractivity contribution in [2.45, 2.75) is 65.8 Å². The van der Waals surface area contributed by atoms with E-state index in [1.54, 1.807) is 0 Å². The lowest BCUT2D eigenvalue weighted by atomic mass is 9.80. The number of nitrogens with zero attached hydrogens (tertiary/aromatic N) is 1. The molecule has 1 amide bonds. The molecular formula is C20H32N2O2. The highest BCUT2D eigenvalue weighted by Crippen LogP contribution is 2.29. The van der Waals surface area contributed by atoms with E-state index in [-0.39, 0.29) is 12.1 Å². The number of hydrogen-bond acceptors (Lipinski definition) is 3. The third-order valence-electron chi connectivity index (χ3n) is 4.95. The van der Waals surface area contributed by atoms with Crippen LogP contribution in [0.3, 0.4) is 0 Å². The van der Waals surface area contributed by atoms with Gasteiger partial charge in [0.25, 0.3) is 0 Å². The Morgan fingerprint density at radius 3 is 2.42 bits per heavy atom. The molecule has 0 aromatic heterocycles. The topological polar surface area (TPSA) is 41.6 Å². The minimum Gasteiger partial charge on any atom is -0.444 e. The number of alkyl carbamates (subject to hydrolysis) is 1. The van der Waals surface area contributed by atoms with Crippen molar-refractivity contribution >= 4 is 6.09 Å². The van der Waals surface area contributed by atoms with E-state index in [9.17, 15) is 4.79 Å². The van der Waals surface area contributed by atoms with E-state index in [0.717, 1.165) is 13.1 Å². The molecule has 0 spiro atoms. The lowest BCUT2D eigenvalue weighted by Gasteiger charge is -2.46. The van der Waals surface area contributed by atoms with E-state index in [4.69, 9.17) is 4.74 Å². The summed E-state index contributed by atoms with van der Waals surface area (Å²) in [5.74, 6) is 0.748. The summed E-state index contributed by atoms with van der Waals surface area (Å²) in [5.41, 5.74) is 0.873.